The molecule has 0 bridgehead atoms. The number of amides is 1. The number of hydrogen-bond acceptors (Lipinski definition) is 6. The second-order valence-electron chi connectivity index (χ2n) is 8.83. The Bertz CT molecular complexity index is 1510. The molecule has 2 aromatic heterocycles. The molecule has 1 saturated heterocycles. The van der Waals surface area contributed by atoms with E-state index in [-0.39, 0.29) is 35.6 Å². The summed E-state index contributed by atoms with van der Waals surface area (Å²) in [6, 6.07) is 12.2. The highest BCUT2D eigenvalue weighted by Crippen LogP contribution is 2.34. The van der Waals surface area contributed by atoms with Gasteiger partial charge in [0.05, 0.1) is 23.6 Å². The lowest BCUT2D eigenvalue weighted by atomic mass is 10.1. The highest BCUT2D eigenvalue weighted by atomic mass is 32.2. The molecule has 1 atom stereocenters. The predicted molar refractivity (Wildman–Crippen MR) is 133 cm³/mol. The van der Waals surface area contributed by atoms with Gasteiger partial charge >= 0.3 is 0 Å². The third kappa shape index (κ3) is 3.93. The first-order valence-corrected chi connectivity index (χ1v) is 12.6. The van der Waals surface area contributed by atoms with Crippen molar-refractivity contribution in [3.05, 3.63) is 76.7 Å². The summed E-state index contributed by atoms with van der Waals surface area (Å²) >= 11 is 1.43. The smallest absolute Gasteiger partial charge is 0.265 e. The van der Waals surface area contributed by atoms with Gasteiger partial charge in [-0.2, -0.15) is 5.10 Å². The summed E-state index contributed by atoms with van der Waals surface area (Å²) in [4.78, 5) is 34.8. The highest BCUT2D eigenvalue weighted by Gasteiger charge is 2.32. The van der Waals surface area contributed by atoms with E-state index in [2.05, 4.69) is 10.1 Å². The first kappa shape index (κ1) is 22.7. The monoisotopic (exact) mass is 508 g/mol. The fourth-order valence-electron chi connectivity index (χ4n) is 4.79. The second kappa shape index (κ2) is 9.05. The van der Waals surface area contributed by atoms with E-state index in [1.165, 1.54) is 40.8 Å². The Balaban J connectivity index is 1.19. The van der Waals surface area contributed by atoms with E-state index in [1.807, 2.05) is 4.90 Å². The topological polar surface area (TPSA) is 76.3 Å². The van der Waals surface area contributed by atoms with E-state index >= 15 is 0 Å². The number of carbonyl (C=O) groups excluding carboxylic acids is 1. The van der Waals surface area contributed by atoms with Crippen LogP contribution in [0.5, 0.6) is 0 Å². The van der Waals surface area contributed by atoms with Crippen molar-refractivity contribution in [2.75, 3.05) is 36.8 Å². The van der Waals surface area contributed by atoms with Gasteiger partial charge in [-0.3, -0.25) is 14.2 Å². The Hall–Kier alpha value is -3.73. The summed E-state index contributed by atoms with van der Waals surface area (Å²) in [6.07, 6.45) is 1.66. The molecule has 4 aromatic rings. The van der Waals surface area contributed by atoms with Gasteiger partial charge in [0, 0.05) is 38.4 Å². The molecule has 1 unspecified atom stereocenters. The van der Waals surface area contributed by atoms with Gasteiger partial charge in [-0.25, -0.2) is 18.4 Å². The van der Waals surface area contributed by atoms with Crippen LogP contribution in [0, 0.1) is 11.6 Å². The number of benzene rings is 2. The van der Waals surface area contributed by atoms with Gasteiger partial charge in [0.2, 0.25) is 5.91 Å². The largest absolute Gasteiger partial charge is 0.366 e. The number of rotatable bonds is 4. The maximum absolute atomic E-state index is 14.1. The fourth-order valence-corrected chi connectivity index (χ4v) is 5.92. The van der Waals surface area contributed by atoms with E-state index in [0.717, 1.165) is 0 Å². The summed E-state index contributed by atoms with van der Waals surface area (Å²) in [5.74, 6) is -0.0889. The van der Waals surface area contributed by atoms with Gasteiger partial charge in [0.25, 0.3) is 5.56 Å². The van der Waals surface area contributed by atoms with Crippen LogP contribution in [0.2, 0.25) is 0 Å². The minimum Gasteiger partial charge on any atom is -0.366 e. The van der Waals surface area contributed by atoms with Crippen LogP contribution in [0.15, 0.2) is 64.7 Å². The molecule has 6 rings (SSSR count). The Morgan fingerprint density at radius 3 is 2.53 bits per heavy atom. The molecule has 4 heterocycles. The van der Waals surface area contributed by atoms with Crippen LogP contribution < -0.4 is 10.5 Å². The molecule has 1 amide bonds. The number of piperazine rings is 1. The molecule has 8 nitrogen and oxygen atoms in total. The summed E-state index contributed by atoms with van der Waals surface area (Å²) in [5, 5.41) is 5.19. The van der Waals surface area contributed by atoms with Gasteiger partial charge < -0.3 is 9.80 Å². The zero-order valence-corrected chi connectivity index (χ0v) is 20.0. The Kier molecular flexibility index (Phi) is 5.71. The SMILES string of the molecule is O=C(CC1CSc2nc3c(cnn3-c3ccc(F)cc3)c(=O)n21)N1CCN(c2ccccc2F)CC1. The molecule has 2 aromatic carbocycles. The molecular weight excluding hydrogens is 486 g/mol. The van der Waals surface area contributed by atoms with Crippen molar-refractivity contribution in [1.29, 1.82) is 0 Å². The minimum atomic E-state index is -0.360. The molecule has 0 spiro atoms. The van der Waals surface area contributed by atoms with Gasteiger partial charge in [0.15, 0.2) is 10.8 Å². The molecular formula is C25H22F2N6O2S. The number of thioether (sulfide) groups is 1. The van der Waals surface area contributed by atoms with Gasteiger partial charge in [-0.05, 0) is 36.4 Å². The van der Waals surface area contributed by atoms with E-state index in [4.69, 9.17) is 0 Å². The molecule has 0 radical (unpaired) electrons. The maximum atomic E-state index is 14.1. The zero-order chi connectivity index (χ0) is 24.8. The van der Waals surface area contributed by atoms with Crippen LogP contribution in [0.4, 0.5) is 14.5 Å². The van der Waals surface area contributed by atoms with Crippen LogP contribution in [-0.4, -0.2) is 62.1 Å². The third-order valence-electron chi connectivity index (χ3n) is 6.68. The van der Waals surface area contributed by atoms with Gasteiger partial charge in [-0.1, -0.05) is 23.9 Å². The van der Waals surface area contributed by atoms with Crippen LogP contribution in [0.3, 0.4) is 0 Å². The summed E-state index contributed by atoms with van der Waals surface area (Å²) in [6.45, 7) is 2.09. The average Bonchev–Trinajstić information content (AvgIpc) is 3.50. The van der Waals surface area contributed by atoms with Crippen LogP contribution in [0.1, 0.15) is 12.5 Å². The summed E-state index contributed by atoms with van der Waals surface area (Å²) < 4.78 is 30.6. The molecule has 2 aliphatic heterocycles. The molecule has 184 valence electrons. The van der Waals surface area contributed by atoms with Crippen molar-refractivity contribution in [2.24, 2.45) is 0 Å². The summed E-state index contributed by atoms with van der Waals surface area (Å²) in [5.41, 5.74) is 1.32. The van der Waals surface area contributed by atoms with Crippen LogP contribution >= 0.6 is 11.8 Å². The van der Waals surface area contributed by atoms with E-state index < -0.39 is 0 Å². The number of hydrogen-bond donors (Lipinski definition) is 0. The molecule has 0 aliphatic carbocycles. The average molecular weight is 509 g/mol. The minimum absolute atomic E-state index is 0.0318. The van der Waals surface area contributed by atoms with Crippen LogP contribution in [0.25, 0.3) is 16.7 Å². The van der Waals surface area contributed by atoms with Gasteiger partial charge in [0.1, 0.15) is 17.0 Å². The highest BCUT2D eigenvalue weighted by molar-refractivity contribution is 7.99. The van der Waals surface area contributed by atoms with Crippen LogP contribution in [-0.2, 0) is 4.79 Å². The van der Waals surface area contributed by atoms with Crippen molar-refractivity contribution in [3.8, 4) is 5.69 Å². The normalized spacial score (nSPS) is 17.6. The van der Waals surface area contributed by atoms with Crippen molar-refractivity contribution in [2.45, 2.75) is 17.6 Å². The molecule has 36 heavy (non-hydrogen) atoms. The standard InChI is InChI=1S/C25H22F2N6O2S/c26-16-5-7-17(8-6-16)33-23-19(14-28-33)24(35)32-18(15-36-25(32)29-23)13-22(34)31-11-9-30(10-12-31)21-4-2-1-3-20(21)27/h1-8,14,18H,9-13,15H2. The lowest BCUT2D eigenvalue weighted by molar-refractivity contribution is -0.132. The zero-order valence-electron chi connectivity index (χ0n) is 19.2. The molecule has 0 N–H and O–H groups in total. The first-order valence-electron chi connectivity index (χ1n) is 11.7. The molecule has 11 heteroatoms. The van der Waals surface area contributed by atoms with Crippen molar-refractivity contribution < 1.29 is 13.6 Å². The number of nitrogens with zero attached hydrogens (tertiary/aromatic N) is 6. The van der Waals surface area contributed by atoms with Gasteiger partial charge in [-0.15, -0.1) is 0 Å². The number of halogens is 2. The maximum Gasteiger partial charge on any atom is 0.265 e. The van der Waals surface area contributed by atoms with E-state index in [9.17, 15) is 18.4 Å². The third-order valence-corrected chi connectivity index (χ3v) is 7.78. The number of para-hydroxylation sites is 1. The lowest BCUT2D eigenvalue weighted by Gasteiger charge is -2.36. The number of anilines is 1. The lowest BCUT2D eigenvalue weighted by Crippen LogP contribution is -2.49. The summed E-state index contributed by atoms with van der Waals surface area (Å²) in [7, 11) is 0. The Morgan fingerprint density at radius 1 is 1.03 bits per heavy atom. The fraction of sp³-hybridized carbons (Fsp3) is 0.280. The molecule has 2 aliphatic rings. The number of fused-ring (bicyclic) bond motifs is 2. The predicted octanol–water partition coefficient (Wildman–Crippen LogP) is 3.25. The first-order chi connectivity index (χ1) is 17.5. The van der Waals surface area contributed by atoms with Crippen molar-refractivity contribution >= 4 is 34.4 Å². The number of carbonyl (C=O) groups is 1. The van der Waals surface area contributed by atoms with E-state index in [1.54, 1.807) is 39.8 Å². The van der Waals surface area contributed by atoms with Crippen molar-refractivity contribution in [1.82, 2.24) is 24.2 Å². The Morgan fingerprint density at radius 2 is 1.78 bits per heavy atom. The second-order valence-corrected chi connectivity index (χ2v) is 9.81. The quantitative estimate of drug-likeness (QED) is 0.394. The Labute approximate surface area is 209 Å². The van der Waals surface area contributed by atoms with E-state index in [0.29, 0.717) is 59.5 Å². The number of aromatic nitrogens is 4. The molecule has 0 saturated carbocycles. The molecule has 1 fully saturated rings. The van der Waals surface area contributed by atoms with Crippen molar-refractivity contribution in [3.63, 3.8) is 0 Å².